The average Bonchev–Trinajstić information content (AvgIpc) is 3.05. The van der Waals surface area contributed by atoms with Gasteiger partial charge in [0, 0.05) is 6.54 Å². The van der Waals surface area contributed by atoms with E-state index >= 15 is 0 Å². The van der Waals surface area contributed by atoms with E-state index in [1.54, 1.807) is 4.57 Å². The van der Waals surface area contributed by atoms with Crippen LogP contribution in [0.5, 0.6) is 0 Å². The number of rotatable bonds is 5. The molecule has 4 atom stereocenters. The standard InChI is InChI=1S/C13H20N6O3/c1-2-3-15-4-7-9(20)10(21)13(22-7)19-6-18-8-11(14)16-5-17-12(8)19/h5-7,9-10,13,15,20-21H,2-4H2,1H3,(H2,14,16,17)/t7?,9-,10?,13-/m1/s1. The minimum Gasteiger partial charge on any atom is -0.387 e. The van der Waals surface area contributed by atoms with Crippen LogP contribution < -0.4 is 11.1 Å². The van der Waals surface area contributed by atoms with Crippen molar-refractivity contribution < 1.29 is 14.9 Å². The molecule has 9 heteroatoms. The van der Waals surface area contributed by atoms with Crippen molar-refractivity contribution in [2.45, 2.75) is 37.9 Å². The summed E-state index contributed by atoms with van der Waals surface area (Å²) in [5, 5.41) is 23.6. The topological polar surface area (TPSA) is 131 Å². The van der Waals surface area contributed by atoms with Gasteiger partial charge in [-0.2, -0.15) is 0 Å². The van der Waals surface area contributed by atoms with Gasteiger partial charge in [-0.05, 0) is 13.0 Å². The summed E-state index contributed by atoms with van der Waals surface area (Å²) in [5.41, 5.74) is 6.66. The maximum atomic E-state index is 10.3. The number of fused-ring (bicyclic) bond motifs is 1. The molecule has 2 unspecified atom stereocenters. The first-order chi connectivity index (χ1) is 10.6. The number of nitrogens with zero attached hydrogens (tertiary/aromatic N) is 4. The molecule has 3 heterocycles. The number of hydrogen-bond acceptors (Lipinski definition) is 8. The van der Waals surface area contributed by atoms with Gasteiger partial charge in [0.05, 0.1) is 6.33 Å². The van der Waals surface area contributed by atoms with Crippen LogP contribution in [0.2, 0.25) is 0 Å². The third-order valence-corrected chi connectivity index (χ3v) is 3.77. The van der Waals surface area contributed by atoms with Gasteiger partial charge in [0.1, 0.15) is 30.2 Å². The van der Waals surface area contributed by atoms with Gasteiger partial charge in [0.25, 0.3) is 0 Å². The fourth-order valence-electron chi connectivity index (χ4n) is 2.61. The van der Waals surface area contributed by atoms with Crippen molar-refractivity contribution >= 4 is 17.0 Å². The molecule has 1 saturated heterocycles. The molecule has 2 aromatic heterocycles. The Morgan fingerprint density at radius 3 is 2.91 bits per heavy atom. The molecule has 0 radical (unpaired) electrons. The summed E-state index contributed by atoms with van der Waals surface area (Å²) in [4.78, 5) is 12.1. The Bertz CT molecular complexity index is 648. The van der Waals surface area contributed by atoms with E-state index in [0.29, 0.717) is 17.7 Å². The number of nitrogen functional groups attached to an aromatic ring is 1. The molecular weight excluding hydrogens is 288 g/mol. The number of aromatic nitrogens is 4. The van der Waals surface area contributed by atoms with Gasteiger partial charge in [0.2, 0.25) is 0 Å². The highest BCUT2D eigenvalue weighted by atomic mass is 16.6. The van der Waals surface area contributed by atoms with E-state index in [-0.39, 0.29) is 5.82 Å². The van der Waals surface area contributed by atoms with E-state index in [4.69, 9.17) is 10.5 Å². The molecular formula is C13H20N6O3. The lowest BCUT2D eigenvalue weighted by Crippen LogP contribution is -2.37. The number of nitrogens with two attached hydrogens (primary N) is 1. The van der Waals surface area contributed by atoms with Crippen molar-refractivity contribution in [3.8, 4) is 0 Å². The fraction of sp³-hybridized carbons (Fsp3) is 0.615. The summed E-state index contributed by atoms with van der Waals surface area (Å²) in [6.07, 6.45) is 0.488. The summed E-state index contributed by atoms with van der Waals surface area (Å²) in [5.74, 6) is 0.262. The smallest absolute Gasteiger partial charge is 0.167 e. The van der Waals surface area contributed by atoms with Crippen molar-refractivity contribution in [1.29, 1.82) is 0 Å². The number of hydrogen-bond donors (Lipinski definition) is 4. The van der Waals surface area contributed by atoms with Crippen LogP contribution in [-0.4, -0.2) is 61.1 Å². The highest BCUT2D eigenvalue weighted by Crippen LogP contribution is 2.31. The summed E-state index contributed by atoms with van der Waals surface area (Å²) in [6, 6.07) is 0. The Kier molecular flexibility index (Phi) is 4.21. The van der Waals surface area contributed by atoms with Gasteiger partial charge in [0.15, 0.2) is 17.7 Å². The predicted octanol–water partition coefficient (Wildman–Crippen LogP) is -0.973. The molecule has 0 saturated carbocycles. The molecule has 1 fully saturated rings. The lowest BCUT2D eigenvalue weighted by Gasteiger charge is -2.16. The van der Waals surface area contributed by atoms with Crippen LogP contribution >= 0.6 is 0 Å². The SMILES string of the molecule is CCCNCC1O[C@@H](n2cnc3c(N)ncnc32)C(O)[C@@H]1O. The first-order valence-corrected chi connectivity index (χ1v) is 7.28. The number of anilines is 1. The highest BCUT2D eigenvalue weighted by Gasteiger charge is 2.44. The van der Waals surface area contributed by atoms with Crippen LogP contribution in [0, 0.1) is 0 Å². The molecule has 0 aromatic carbocycles. The lowest BCUT2D eigenvalue weighted by molar-refractivity contribution is -0.0341. The number of ether oxygens (including phenoxy) is 1. The van der Waals surface area contributed by atoms with Crippen LogP contribution in [-0.2, 0) is 4.74 Å². The maximum absolute atomic E-state index is 10.3. The zero-order valence-electron chi connectivity index (χ0n) is 12.3. The lowest BCUT2D eigenvalue weighted by atomic mass is 10.1. The van der Waals surface area contributed by atoms with Crippen molar-refractivity contribution in [3.05, 3.63) is 12.7 Å². The van der Waals surface area contributed by atoms with Crippen LogP contribution in [0.15, 0.2) is 12.7 Å². The minimum atomic E-state index is -1.07. The molecule has 120 valence electrons. The molecule has 1 aliphatic rings. The van der Waals surface area contributed by atoms with Gasteiger partial charge in [-0.15, -0.1) is 0 Å². The maximum Gasteiger partial charge on any atom is 0.167 e. The van der Waals surface area contributed by atoms with Gasteiger partial charge < -0.3 is 26.0 Å². The van der Waals surface area contributed by atoms with Crippen LogP contribution in [0.4, 0.5) is 5.82 Å². The van der Waals surface area contributed by atoms with Gasteiger partial charge in [-0.3, -0.25) is 4.57 Å². The van der Waals surface area contributed by atoms with Gasteiger partial charge in [-0.25, -0.2) is 15.0 Å². The monoisotopic (exact) mass is 308 g/mol. The van der Waals surface area contributed by atoms with E-state index in [2.05, 4.69) is 27.2 Å². The van der Waals surface area contributed by atoms with Gasteiger partial charge in [-0.1, -0.05) is 6.92 Å². The Balaban J connectivity index is 1.83. The van der Waals surface area contributed by atoms with E-state index in [1.165, 1.54) is 12.7 Å². The third-order valence-electron chi connectivity index (χ3n) is 3.77. The molecule has 0 spiro atoms. The quantitative estimate of drug-likeness (QED) is 0.519. The molecule has 1 aliphatic heterocycles. The molecule has 0 amide bonds. The van der Waals surface area contributed by atoms with Gasteiger partial charge >= 0.3 is 0 Å². The number of aliphatic hydroxyl groups is 2. The zero-order valence-corrected chi connectivity index (χ0v) is 12.3. The second-order valence-corrected chi connectivity index (χ2v) is 5.33. The summed E-state index contributed by atoms with van der Waals surface area (Å²) in [7, 11) is 0. The average molecular weight is 308 g/mol. The molecule has 3 rings (SSSR count). The Hall–Kier alpha value is -1.81. The second-order valence-electron chi connectivity index (χ2n) is 5.33. The summed E-state index contributed by atoms with van der Waals surface area (Å²) >= 11 is 0. The minimum absolute atomic E-state index is 0.262. The first-order valence-electron chi connectivity index (χ1n) is 7.28. The molecule has 5 N–H and O–H groups in total. The molecule has 22 heavy (non-hydrogen) atoms. The normalized spacial score (nSPS) is 28.5. The number of imidazole rings is 1. The van der Waals surface area contributed by atoms with E-state index in [1.807, 2.05) is 0 Å². The zero-order chi connectivity index (χ0) is 15.7. The molecule has 9 nitrogen and oxygen atoms in total. The van der Waals surface area contributed by atoms with Crippen LogP contribution in [0.1, 0.15) is 19.6 Å². The molecule has 0 aliphatic carbocycles. The first kappa shape index (κ1) is 15.1. The van der Waals surface area contributed by atoms with Crippen molar-refractivity contribution in [2.24, 2.45) is 0 Å². The Morgan fingerprint density at radius 2 is 2.14 bits per heavy atom. The van der Waals surface area contributed by atoms with Crippen molar-refractivity contribution in [1.82, 2.24) is 24.8 Å². The third kappa shape index (κ3) is 2.52. The number of nitrogens with one attached hydrogen (secondary N) is 1. The highest BCUT2D eigenvalue weighted by molar-refractivity contribution is 5.81. The molecule has 0 bridgehead atoms. The van der Waals surface area contributed by atoms with E-state index in [9.17, 15) is 10.2 Å². The van der Waals surface area contributed by atoms with E-state index in [0.717, 1.165) is 13.0 Å². The summed E-state index contributed by atoms with van der Waals surface area (Å²) in [6.45, 7) is 3.34. The predicted molar refractivity (Wildman–Crippen MR) is 78.8 cm³/mol. The van der Waals surface area contributed by atoms with Crippen LogP contribution in [0.3, 0.4) is 0 Å². The van der Waals surface area contributed by atoms with Crippen molar-refractivity contribution in [3.63, 3.8) is 0 Å². The molecule has 2 aromatic rings. The van der Waals surface area contributed by atoms with E-state index < -0.39 is 24.5 Å². The number of aliphatic hydroxyl groups excluding tert-OH is 2. The largest absolute Gasteiger partial charge is 0.387 e. The Labute approximate surface area is 127 Å². The fourth-order valence-corrected chi connectivity index (χ4v) is 2.61. The Morgan fingerprint density at radius 1 is 1.32 bits per heavy atom. The van der Waals surface area contributed by atoms with Crippen LogP contribution in [0.25, 0.3) is 11.2 Å². The summed E-state index contributed by atoms with van der Waals surface area (Å²) < 4.78 is 7.35. The van der Waals surface area contributed by atoms with Crippen molar-refractivity contribution in [2.75, 3.05) is 18.8 Å². The second kappa shape index (κ2) is 6.13.